The predicted octanol–water partition coefficient (Wildman–Crippen LogP) is 2.28. The Hall–Kier alpha value is -1.59. The van der Waals surface area contributed by atoms with E-state index in [1.54, 1.807) is 0 Å². The number of carbonyl (C=O) groups is 3. The van der Waals surface area contributed by atoms with Crippen LogP contribution in [0.5, 0.6) is 0 Å². The molecule has 0 aromatic carbocycles. The monoisotopic (exact) mass is 335 g/mol. The maximum atomic E-state index is 12.8. The van der Waals surface area contributed by atoms with Crippen molar-refractivity contribution >= 4 is 17.8 Å². The second-order valence-corrected chi connectivity index (χ2v) is 7.45. The van der Waals surface area contributed by atoms with E-state index in [0.29, 0.717) is 24.8 Å². The molecule has 1 saturated carbocycles. The number of piperidine rings is 1. The number of fused-ring (bicyclic) bond motifs is 1. The Bertz CT molecular complexity index is 528. The molecule has 3 fully saturated rings. The van der Waals surface area contributed by atoms with Gasteiger partial charge in [0.25, 0.3) is 5.91 Å². The Balaban J connectivity index is 1.70. The lowest BCUT2D eigenvalue weighted by molar-refractivity contribution is -0.143. The number of nitrogens with one attached hydrogen (secondary N) is 1. The number of amides is 4. The van der Waals surface area contributed by atoms with Crippen molar-refractivity contribution in [3.63, 3.8) is 0 Å². The topological polar surface area (TPSA) is 69.7 Å². The van der Waals surface area contributed by atoms with Crippen LogP contribution in [0.4, 0.5) is 4.79 Å². The summed E-state index contributed by atoms with van der Waals surface area (Å²) in [4.78, 5) is 40.8. The van der Waals surface area contributed by atoms with Gasteiger partial charge in [-0.1, -0.05) is 26.7 Å². The summed E-state index contributed by atoms with van der Waals surface area (Å²) in [7, 11) is 0. The van der Waals surface area contributed by atoms with Crippen LogP contribution in [-0.2, 0) is 9.59 Å². The SMILES string of the molecule is CCC1(CC)NC(=O)N(CC(=O)N2CCCC3CCCCC32)C1=O. The molecule has 0 spiro atoms. The van der Waals surface area contributed by atoms with E-state index in [2.05, 4.69) is 5.32 Å². The third-order valence-electron chi connectivity index (χ3n) is 6.31. The van der Waals surface area contributed by atoms with E-state index < -0.39 is 11.6 Å². The molecular weight excluding hydrogens is 306 g/mol. The van der Waals surface area contributed by atoms with Crippen LogP contribution >= 0.6 is 0 Å². The first-order valence-corrected chi connectivity index (χ1v) is 9.46. The van der Waals surface area contributed by atoms with Crippen LogP contribution in [0.25, 0.3) is 0 Å². The zero-order chi connectivity index (χ0) is 17.3. The van der Waals surface area contributed by atoms with Gasteiger partial charge in [-0.15, -0.1) is 0 Å². The van der Waals surface area contributed by atoms with Crippen molar-refractivity contribution in [2.24, 2.45) is 5.92 Å². The number of likely N-dealkylation sites (tertiary alicyclic amines) is 1. The number of rotatable bonds is 4. The summed E-state index contributed by atoms with van der Waals surface area (Å²) in [6.45, 7) is 4.43. The quantitative estimate of drug-likeness (QED) is 0.801. The molecule has 0 radical (unpaired) electrons. The molecular formula is C18H29N3O3. The standard InChI is InChI=1S/C18H29N3O3/c1-3-18(4-2)16(23)21(17(24)19-18)12-15(22)20-11-7-9-13-8-5-6-10-14(13)20/h13-14H,3-12H2,1-2H3,(H,19,24). The molecule has 24 heavy (non-hydrogen) atoms. The van der Waals surface area contributed by atoms with Gasteiger partial charge >= 0.3 is 6.03 Å². The van der Waals surface area contributed by atoms with Gasteiger partial charge in [0, 0.05) is 12.6 Å². The van der Waals surface area contributed by atoms with Crippen molar-refractivity contribution in [1.82, 2.24) is 15.1 Å². The van der Waals surface area contributed by atoms with Crippen molar-refractivity contribution in [1.29, 1.82) is 0 Å². The summed E-state index contributed by atoms with van der Waals surface area (Å²) in [5.41, 5.74) is -0.827. The molecule has 2 unspecified atom stereocenters. The van der Waals surface area contributed by atoms with E-state index in [1.807, 2.05) is 18.7 Å². The lowest BCUT2D eigenvalue weighted by Gasteiger charge is -2.44. The van der Waals surface area contributed by atoms with Gasteiger partial charge in [0.1, 0.15) is 12.1 Å². The average molecular weight is 335 g/mol. The van der Waals surface area contributed by atoms with Gasteiger partial charge in [-0.3, -0.25) is 14.5 Å². The highest BCUT2D eigenvalue weighted by Gasteiger charge is 2.49. The lowest BCUT2D eigenvalue weighted by Crippen LogP contribution is -2.53. The van der Waals surface area contributed by atoms with Gasteiger partial charge in [-0.05, 0) is 44.4 Å². The van der Waals surface area contributed by atoms with Gasteiger partial charge in [-0.2, -0.15) is 0 Å². The van der Waals surface area contributed by atoms with Crippen LogP contribution in [0.15, 0.2) is 0 Å². The highest BCUT2D eigenvalue weighted by atomic mass is 16.2. The Morgan fingerprint density at radius 1 is 1.12 bits per heavy atom. The minimum absolute atomic E-state index is 0.0712. The Morgan fingerprint density at radius 2 is 1.79 bits per heavy atom. The first-order chi connectivity index (χ1) is 11.5. The highest BCUT2D eigenvalue weighted by Crippen LogP contribution is 2.35. The number of urea groups is 1. The van der Waals surface area contributed by atoms with Crippen LogP contribution < -0.4 is 5.32 Å². The summed E-state index contributed by atoms with van der Waals surface area (Å²) in [5, 5.41) is 2.80. The van der Waals surface area contributed by atoms with E-state index in [1.165, 1.54) is 25.7 Å². The molecule has 3 rings (SSSR count). The highest BCUT2D eigenvalue weighted by molar-refractivity contribution is 6.09. The van der Waals surface area contributed by atoms with E-state index >= 15 is 0 Å². The molecule has 1 N–H and O–H groups in total. The van der Waals surface area contributed by atoms with Crippen molar-refractivity contribution < 1.29 is 14.4 Å². The molecule has 134 valence electrons. The molecule has 0 bridgehead atoms. The Morgan fingerprint density at radius 3 is 2.46 bits per heavy atom. The van der Waals surface area contributed by atoms with E-state index in [4.69, 9.17) is 0 Å². The number of nitrogens with zero attached hydrogens (tertiary/aromatic N) is 2. The van der Waals surface area contributed by atoms with Crippen LogP contribution in [-0.4, -0.2) is 52.3 Å². The number of hydrogen-bond donors (Lipinski definition) is 1. The maximum absolute atomic E-state index is 12.8. The van der Waals surface area contributed by atoms with Gasteiger partial charge in [0.2, 0.25) is 5.91 Å². The molecule has 3 aliphatic rings. The van der Waals surface area contributed by atoms with Crippen LogP contribution in [0.1, 0.15) is 65.2 Å². The van der Waals surface area contributed by atoms with Gasteiger partial charge in [0.15, 0.2) is 0 Å². The number of hydrogen-bond acceptors (Lipinski definition) is 3. The summed E-state index contributed by atoms with van der Waals surface area (Å²) in [5.74, 6) is 0.283. The molecule has 6 heteroatoms. The minimum atomic E-state index is -0.827. The fraction of sp³-hybridized carbons (Fsp3) is 0.833. The second kappa shape index (κ2) is 6.73. The molecule has 2 atom stereocenters. The third-order valence-corrected chi connectivity index (χ3v) is 6.31. The molecule has 2 heterocycles. The van der Waals surface area contributed by atoms with Crippen LogP contribution in [0, 0.1) is 5.92 Å². The van der Waals surface area contributed by atoms with Gasteiger partial charge in [-0.25, -0.2) is 4.79 Å². The number of imide groups is 1. The third kappa shape index (κ3) is 2.80. The summed E-state index contributed by atoms with van der Waals surface area (Å²) in [6, 6.07) is -0.114. The van der Waals surface area contributed by atoms with Crippen molar-refractivity contribution in [2.45, 2.75) is 76.8 Å². The lowest BCUT2D eigenvalue weighted by atomic mass is 9.78. The molecule has 0 aromatic heterocycles. The van der Waals surface area contributed by atoms with Crippen molar-refractivity contribution in [3.8, 4) is 0 Å². The minimum Gasteiger partial charge on any atom is -0.338 e. The zero-order valence-electron chi connectivity index (χ0n) is 14.8. The molecule has 4 amide bonds. The van der Waals surface area contributed by atoms with E-state index in [0.717, 1.165) is 24.3 Å². The van der Waals surface area contributed by atoms with Crippen molar-refractivity contribution in [3.05, 3.63) is 0 Å². The molecule has 1 aliphatic carbocycles. The van der Waals surface area contributed by atoms with Crippen LogP contribution in [0.2, 0.25) is 0 Å². The van der Waals surface area contributed by atoms with Crippen molar-refractivity contribution in [2.75, 3.05) is 13.1 Å². The Kier molecular flexibility index (Phi) is 4.83. The fourth-order valence-electron chi connectivity index (χ4n) is 4.71. The Labute approximate surface area is 143 Å². The first kappa shape index (κ1) is 17.2. The second-order valence-electron chi connectivity index (χ2n) is 7.45. The van der Waals surface area contributed by atoms with E-state index in [9.17, 15) is 14.4 Å². The first-order valence-electron chi connectivity index (χ1n) is 9.46. The van der Waals surface area contributed by atoms with Gasteiger partial charge < -0.3 is 10.2 Å². The molecule has 0 aromatic rings. The van der Waals surface area contributed by atoms with Crippen LogP contribution in [0.3, 0.4) is 0 Å². The molecule has 6 nitrogen and oxygen atoms in total. The summed E-state index contributed by atoms with van der Waals surface area (Å²) in [6.07, 6.45) is 8.01. The summed E-state index contributed by atoms with van der Waals surface area (Å²) < 4.78 is 0. The van der Waals surface area contributed by atoms with Gasteiger partial charge in [0.05, 0.1) is 0 Å². The predicted molar refractivity (Wildman–Crippen MR) is 90.3 cm³/mol. The normalized spacial score (nSPS) is 29.4. The zero-order valence-corrected chi connectivity index (χ0v) is 14.8. The fourth-order valence-corrected chi connectivity index (χ4v) is 4.71. The summed E-state index contributed by atoms with van der Waals surface area (Å²) >= 11 is 0. The molecule has 2 aliphatic heterocycles. The average Bonchev–Trinajstić information content (AvgIpc) is 2.85. The van der Waals surface area contributed by atoms with E-state index in [-0.39, 0.29) is 18.4 Å². The molecule has 2 saturated heterocycles. The number of carbonyl (C=O) groups excluding carboxylic acids is 3. The maximum Gasteiger partial charge on any atom is 0.325 e. The largest absolute Gasteiger partial charge is 0.338 e. The smallest absolute Gasteiger partial charge is 0.325 e.